The van der Waals surface area contributed by atoms with E-state index in [4.69, 9.17) is 9.47 Å². The molecule has 2 atom stereocenters. The zero-order valence-corrected chi connectivity index (χ0v) is 8.04. The van der Waals surface area contributed by atoms with Crippen LogP contribution in [0.25, 0.3) is 0 Å². The Morgan fingerprint density at radius 2 is 1.58 bits per heavy atom. The predicted molar refractivity (Wildman–Crippen MR) is 45.9 cm³/mol. The highest BCUT2D eigenvalue weighted by Gasteiger charge is 2.41. The average Bonchev–Trinajstić information content (AvgIpc) is 2.37. The van der Waals surface area contributed by atoms with E-state index < -0.39 is 0 Å². The van der Waals surface area contributed by atoms with E-state index in [1.807, 2.05) is 0 Å². The summed E-state index contributed by atoms with van der Waals surface area (Å²) in [7, 11) is 0. The van der Waals surface area contributed by atoms with Gasteiger partial charge in [0.25, 0.3) is 0 Å². The van der Waals surface area contributed by atoms with Crippen molar-refractivity contribution < 1.29 is 9.47 Å². The minimum Gasteiger partial charge on any atom is -0.348 e. The normalized spacial score (nSPS) is 37.2. The van der Waals surface area contributed by atoms with Gasteiger partial charge in [-0.05, 0) is 20.8 Å². The van der Waals surface area contributed by atoms with E-state index in [1.54, 1.807) is 0 Å². The molecule has 0 aromatic heterocycles. The molecular weight excluding hydrogens is 154 g/mol. The average molecular weight is 171 g/mol. The fourth-order valence-electron chi connectivity index (χ4n) is 1.83. The molecule has 0 N–H and O–H groups in total. The van der Waals surface area contributed by atoms with Crippen molar-refractivity contribution in [1.29, 1.82) is 0 Å². The number of ether oxygens (including phenoxy) is 2. The molecule has 2 heterocycles. The summed E-state index contributed by atoms with van der Waals surface area (Å²) in [5.41, 5.74) is 0.247. The van der Waals surface area contributed by atoms with Crippen LogP contribution < -0.4 is 0 Å². The Hall–Kier alpha value is -0.120. The minimum absolute atomic E-state index is 0.247. The highest BCUT2D eigenvalue weighted by molar-refractivity contribution is 4.93. The Morgan fingerprint density at radius 3 is 2.00 bits per heavy atom. The Balaban J connectivity index is 1.99. The van der Waals surface area contributed by atoms with Crippen LogP contribution in [0.3, 0.4) is 0 Å². The highest BCUT2D eigenvalue weighted by atomic mass is 16.7. The van der Waals surface area contributed by atoms with E-state index in [1.165, 1.54) is 0 Å². The fourth-order valence-corrected chi connectivity index (χ4v) is 1.83. The van der Waals surface area contributed by atoms with Gasteiger partial charge < -0.3 is 9.47 Å². The molecule has 0 radical (unpaired) electrons. The third-order valence-corrected chi connectivity index (χ3v) is 2.73. The van der Waals surface area contributed by atoms with Gasteiger partial charge in [0.2, 0.25) is 0 Å². The SMILES string of the molecule is CC(C)(C)N1C[C@@H]2OCO[C@@H]2C1. The molecule has 0 aliphatic carbocycles. The maximum Gasteiger partial charge on any atom is 0.147 e. The molecule has 0 spiro atoms. The van der Waals surface area contributed by atoms with Crippen LogP contribution in [0.5, 0.6) is 0 Å². The molecule has 70 valence electrons. The van der Waals surface area contributed by atoms with Crippen LogP contribution in [-0.2, 0) is 9.47 Å². The van der Waals surface area contributed by atoms with Crippen molar-refractivity contribution in [3.63, 3.8) is 0 Å². The second-order valence-electron chi connectivity index (χ2n) is 4.60. The van der Waals surface area contributed by atoms with Gasteiger partial charge in [-0.15, -0.1) is 0 Å². The monoisotopic (exact) mass is 171 g/mol. The molecule has 2 aliphatic rings. The number of hydrogen-bond donors (Lipinski definition) is 0. The number of hydrogen-bond acceptors (Lipinski definition) is 3. The van der Waals surface area contributed by atoms with E-state index in [2.05, 4.69) is 25.7 Å². The molecule has 3 nitrogen and oxygen atoms in total. The maximum atomic E-state index is 5.44. The van der Waals surface area contributed by atoms with Crippen LogP contribution in [0.2, 0.25) is 0 Å². The highest BCUT2D eigenvalue weighted by Crippen LogP contribution is 2.27. The number of rotatable bonds is 0. The minimum atomic E-state index is 0.247. The van der Waals surface area contributed by atoms with Gasteiger partial charge in [-0.3, -0.25) is 4.90 Å². The van der Waals surface area contributed by atoms with Crippen LogP contribution in [0.15, 0.2) is 0 Å². The first-order valence-corrected chi connectivity index (χ1v) is 4.55. The summed E-state index contributed by atoms with van der Waals surface area (Å²) in [6.45, 7) is 9.23. The smallest absolute Gasteiger partial charge is 0.147 e. The van der Waals surface area contributed by atoms with Gasteiger partial charge in [-0.1, -0.05) is 0 Å². The second-order valence-corrected chi connectivity index (χ2v) is 4.60. The zero-order valence-electron chi connectivity index (χ0n) is 8.04. The van der Waals surface area contributed by atoms with Crippen LogP contribution in [0.1, 0.15) is 20.8 Å². The van der Waals surface area contributed by atoms with Crippen molar-refractivity contribution in [3.8, 4) is 0 Å². The van der Waals surface area contributed by atoms with Crippen LogP contribution in [0.4, 0.5) is 0 Å². The van der Waals surface area contributed by atoms with Gasteiger partial charge in [0, 0.05) is 18.6 Å². The molecule has 0 aromatic carbocycles. The van der Waals surface area contributed by atoms with Gasteiger partial charge in [-0.25, -0.2) is 0 Å². The predicted octanol–water partition coefficient (Wildman–Crippen LogP) is 0.842. The molecule has 0 aromatic rings. The first-order chi connectivity index (χ1) is 5.57. The van der Waals surface area contributed by atoms with Crippen molar-refractivity contribution in [2.75, 3.05) is 19.9 Å². The third-order valence-electron chi connectivity index (χ3n) is 2.73. The standard InChI is InChI=1S/C9H17NO2/c1-9(2,3)10-4-7-8(5-10)12-6-11-7/h7-8H,4-6H2,1-3H3/t7-,8+. The van der Waals surface area contributed by atoms with Crippen LogP contribution in [-0.4, -0.2) is 42.5 Å². The lowest BCUT2D eigenvalue weighted by molar-refractivity contribution is 0.00117. The van der Waals surface area contributed by atoms with Gasteiger partial charge in [0.05, 0.1) is 0 Å². The Kier molecular flexibility index (Phi) is 1.90. The molecule has 12 heavy (non-hydrogen) atoms. The number of nitrogens with zero attached hydrogens (tertiary/aromatic N) is 1. The van der Waals surface area contributed by atoms with Gasteiger partial charge in [0.1, 0.15) is 19.0 Å². The summed E-state index contributed by atoms with van der Waals surface area (Å²) in [6.07, 6.45) is 0.647. The second kappa shape index (κ2) is 2.69. The first kappa shape index (κ1) is 8.48. The number of fused-ring (bicyclic) bond motifs is 1. The molecule has 0 saturated carbocycles. The zero-order chi connectivity index (χ0) is 8.77. The summed E-state index contributed by atoms with van der Waals surface area (Å²) in [5, 5.41) is 0. The van der Waals surface area contributed by atoms with E-state index in [-0.39, 0.29) is 5.54 Å². The van der Waals surface area contributed by atoms with Crippen molar-refractivity contribution in [2.45, 2.75) is 38.5 Å². The lowest BCUT2D eigenvalue weighted by Gasteiger charge is -2.31. The summed E-state index contributed by atoms with van der Waals surface area (Å²) in [5.74, 6) is 0. The molecule has 3 heteroatoms. The summed E-state index contributed by atoms with van der Waals surface area (Å²) in [6, 6.07) is 0. The van der Waals surface area contributed by atoms with E-state index >= 15 is 0 Å². The van der Waals surface area contributed by atoms with Gasteiger partial charge in [-0.2, -0.15) is 0 Å². The fraction of sp³-hybridized carbons (Fsp3) is 1.00. The molecule has 0 unspecified atom stereocenters. The first-order valence-electron chi connectivity index (χ1n) is 4.55. The van der Waals surface area contributed by atoms with Gasteiger partial charge >= 0.3 is 0 Å². The molecule has 2 aliphatic heterocycles. The topological polar surface area (TPSA) is 21.7 Å². The quantitative estimate of drug-likeness (QED) is 0.539. The van der Waals surface area contributed by atoms with E-state index in [9.17, 15) is 0 Å². The molecule has 2 fully saturated rings. The van der Waals surface area contributed by atoms with E-state index in [0.29, 0.717) is 19.0 Å². The molecule has 0 bridgehead atoms. The lowest BCUT2D eigenvalue weighted by Crippen LogP contribution is -2.40. The van der Waals surface area contributed by atoms with Crippen LogP contribution >= 0.6 is 0 Å². The van der Waals surface area contributed by atoms with Gasteiger partial charge in [0.15, 0.2) is 0 Å². The van der Waals surface area contributed by atoms with Crippen molar-refractivity contribution >= 4 is 0 Å². The van der Waals surface area contributed by atoms with Crippen molar-refractivity contribution in [1.82, 2.24) is 4.90 Å². The summed E-state index contributed by atoms with van der Waals surface area (Å²) >= 11 is 0. The molecule has 2 rings (SSSR count). The maximum absolute atomic E-state index is 5.44. The van der Waals surface area contributed by atoms with Crippen LogP contribution in [0, 0.1) is 0 Å². The lowest BCUT2D eigenvalue weighted by atomic mass is 10.1. The Bertz CT molecular complexity index is 164. The molecule has 0 amide bonds. The Morgan fingerprint density at radius 1 is 1.08 bits per heavy atom. The summed E-state index contributed by atoms with van der Waals surface area (Å²) < 4.78 is 10.9. The Labute approximate surface area is 73.6 Å². The van der Waals surface area contributed by atoms with Crippen molar-refractivity contribution in [2.24, 2.45) is 0 Å². The largest absolute Gasteiger partial charge is 0.348 e. The molecule has 2 saturated heterocycles. The van der Waals surface area contributed by atoms with E-state index in [0.717, 1.165) is 13.1 Å². The third kappa shape index (κ3) is 1.37. The molecular formula is C9H17NO2. The summed E-state index contributed by atoms with van der Waals surface area (Å²) in [4.78, 5) is 2.42. The van der Waals surface area contributed by atoms with Crippen molar-refractivity contribution in [3.05, 3.63) is 0 Å². The number of likely N-dealkylation sites (tertiary alicyclic amines) is 1.